The number of hydrogen-bond donors (Lipinski definition) is 1. The highest BCUT2D eigenvalue weighted by Gasteiger charge is 2.36. The van der Waals surface area contributed by atoms with Crippen molar-refractivity contribution in [1.29, 1.82) is 0 Å². The van der Waals surface area contributed by atoms with Gasteiger partial charge in [-0.2, -0.15) is 0 Å². The number of carbonyl (C=O) groups excluding carboxylic acids is 1. The maximum absolute atomic E-state index is 12.9. The molecular formula is C15H16ClN3O3. The summed E-state index contributed by atoms with van der Waals surface area (Å²) in [6, 6.07) is 5.48. The normalized spacial score (nSPS) is 15.7. The lowest BCUT2D eigenvalue weighted by Crippen LogP contribution is -2.39. The molecule has 6 nitrogen and oxygen atoms in total. The smallest absolute Gasteiger partial charge is 0.308 e. The summed E-state index contributed by atoms with van der Waals surface area (Å²) in [4.78, 5) is 29.7. The van der Waals surface area contributed by atoms with Crippen LogP contribution in [-0.2, 0) is 4.79 Å². The number of imidazole rings is 1. The molecule has 2 aromatic rings. The summed E-state index contributed by atoms with van der Waals surface area (Å²) in [5, 5.41) is 9.23. The summed E-state index contributed by atoms with van der Waals surface area (Å²) >= 11 is 6.13. The van der Waals surface area contributed by atoms with Crippen LogP contribution in [0.2, 0.25) is 5.15 Å². The fraction of sp³-hybridized carbons (Fsp3) is 0.400. The molecule has 0 radical (unpaired) electrons. The number of aromatic nitrogens is 2. The van der Waals surface area contributed by atoms with Gasteiger partial charge in [-0.1, -0.05) is 24.6 Å². The van der Waals surface area contributed by atoms with Crippen molar-refractivity contribution in [2.24, 2.45) is 5.92 Å². The first kappa shape index (κ1) is 14.8. The van der Waals surface area contributed by atoms with Crippen LogP contribution >= 0.6 is 11.6 Å². The van der Waals surface area contributed by atoms with E-state index in [1.807, 2.05) is 6.07 Å². The molecule has 1 aliphatic rings. The SMILES string of the molecule is CC(CN(C(=O)c1c(Cl)nc2ccccn12)C1CC1)C(=O)O. The van der Waals surface area contributed by atoms with Crippen molar-refractivity contribution in [3.05, 3.63) is 35.2 Å². The van der Waals surface area contributed by atoms with Gasteiger partial charge < -0.3 is 10.0 Å². The fourth-order valence-corrected chi connectivity index (χ4v) is 2.71. The molecule has 2 heterocycles. The number of aliphatic carboxylic acids is 1. The molecular weight excluding hydrogens is 306 g/mol. The maximum atomic E-state index is 12.9. The van der Waals surface area contributed by atoms with Crippen LogP contribution < -0.4 is 0 Å². The van der Waals surface area contributed by atoms with Gasteiger partial charge in [-0.3, -0.25) is 14.0 Å². The Balaban J connectivity index is 1.95. The van der Waals surface area contributed by atoms with E-state index >= 15 is 0 Å². The van der Waals surface area contributed by atoms with Crippen molar-refractivity contribution in [2.75, 3.05) is 6.54 Å². The van der Waals surface area contributed by atoms with Crippen LogP contribution in [-0.4, -0.2) is 43.9 Å². The predicted octanol–water partition coefficient (Wildman–Crippen LogP) is 2.31. The van der Waals surface area contributed by atoms with Crippen LogP contribution in [0, 0.1) is 5.92 Å². The van der Waals surface area contributed by atoms with E-state index in [1.54, 1.807) is 34.6 Å². The van der Waals surface area contributed by atoms with Crippen LogP contribution in [0.3, 0.4) is 0 Å². The molecule has 0 aliphatic heterocycles. The lowest BCUT2D eigenvalue weighted by molar-refractivity contribution is -0.141. The number of hydrogen-bond acceptors (Lipinski definition) is 3. The Morgan fingerprint density at radius 2 is 2.23 bits per heavy atom. The minimum Gasteiger partial charge on any atom is -0.481 e. The first-order chi connectivity index (χ1) is 10.5. The van der Waals surface area contributed by atoms with Crippen molar-refractivity contribution in [3.63, 3.8) is 0 Å². The summed E-state index contributed by atoms with van der Waals surface area (Å²) in [7, 11) is 0. The maximum Gasteiger partial charge on any atom is 0.308 e. The standard InChI is InChI=1S/C15H16ClN3O3/c1-9(15(21)22)8-19(10-5-6-10)14(20)12-13(16)17-11-4-2-3-7-18(11)12/h2-4,7,9-10H,5-6,8H2,1H3,(H,21,22). The monoisotopic (exact) mass is 321 g/mol. The summed E-state index contributed by atoms with van der Waals surface area (Å²) in [5.41, 5.74) is 0.889. The zero-order valence-electron chi connectivity index (χ0n) is 12.1. The number of amides is 1. The highest BCUT2D eigenvalue weighted by molar-refractivity contribution is 6.32. The third-order valence-corrected chi connectivity index (χ3v) is 4.09. The molecule has 0 spiro atoms. The van der Waals surface area contributed by atoms with Crippen LogP contribution in [0.25, 0.3) is 5.65 Å². The highest BCUT2D eigenvalue weighted by atomic mass is 35.5. The molecule has 1 fully saturated rings. The topological polar surface area (TPSA) is 74.9 Å². The molecule has 1 atom stereocenters. The zero-order chi connectivity index (χ0) is 15.9. The van der Waals surface area contributed by atoms with Gasteiger partial charge in [-0.25, -0.2) is 4.98 Å². The minimum atomic E-state index is -0.914. The molecule has 3 rings (SSSR count). The van der Waals surface area contributed by atoms with Gasteiger partial charge in [-0.15, -0.1) is 0 Å². The molecule has 22 heavy (non-hydrogen) atoms. The number of halogens is 1. The Labute approximate surface area is 132 Å². The van der Waals surface area contributed by atoms with E-state index in [-0.39, 0.29) is 23.6 Å². The van der Waals surface area contributed by atoms with E-state index in [0.717, 1.165) is 12.8 Å². The molecule has 7 heteroatoms. The quantitative estimate of drug-likeness (QED) is 0.917. The number of carbonyl (C=O) groups is 2. The second-order valence-corrected chi connectivity index (χ2v) is 5.97. The van der Waals surface area contributed by atoms with Gasteiger partial charge in [-0.05, 0) is 25.0 Å². The molecule has 1 aliphatic carbocycles. The molecule has 0 saturated heterocycles. The van der Waals surface area contributed by atoms with Crippen molar-refractivity contribution in [3.8, 4) is 0 Å². The minimum absolute atomic E-state index is 0.0969. The highest BCUT2D eigenvalue weighted by Crippen LogP contribution is 2.30. The number of rotatable bonds is 5. The van der Waals surface area contributed by atoms with Crippen molar-refractivity contribution < 1.29 is 14.7 Å². The molecule has 116 valence electrons. The van der Waals surface area contributed by atoms with E-state index in [4.69, 9.17) is 16.7 Å². The van der Waals surface area contributed by atoms with Crippen LogP contribution in [0.4, 0.5) is 0 Å². The first-order valence-electron chi connectivity index (χ1n) is 7.15. The Hall–Kier alpha value is -2.08. The Kier molecular flexibility index (Phi) is 3.78. The van der Waals surface area contributed by atoms with E-state index in [9.17, 15) is 9.59 Å². The number of pyridine rings is 1. The van der Waals surface area contributed by atoms with Gasteiger partial charge >= 0.3 is 5.97 Å². The second-order valence-electron chi connectivity index (χ2n) is 5.61. The van der Waals surface area contributed by atoms with Gasteiger partial charge in [0, 0.05) is 18.8 Å². The summed E-state index contributed by atoms with van der Waals surface area (Å²) in [6.45, 7) is 1.77. The van der Waals surface area contributed by atoms with E-state index in [2.05, 4.69) is 4.98 Å². The predicted molar refractivity (Wildman–Crippen MR) is 81.1 cm³/mol. The van der Waals surface area contributed by atoms with E-state index < -0.39 is 11.9 Å². The molecule has 1 N–H and O–H groups in total. The third kappa shape index (κ3) is 2.66. The fourth-order valence-electron chi connectivity index (χ4n) is 2.45. The number of carboxylic acid groups (broad SMARTS) is 1. The molecule has 2 aromatic heterocycles. The van der Waals surface area contributed by atoms with Gasteiger partial charge in [0.15, 0.2) is 10.8 Å². The van der Waals surface area contributed by atoms with Gasteiger partial charge in [0.2, 0.25) is 0 Å². The second kappa shape index (κ2) is 5.61. The lowest BCUT2D eigenvalue weighted by atomic mass is 10.1. The van der Waals surface area contributed by atoms with Crippen molar-refractivity contribution >= 4 is 29.1 Å². The lowest BCUT2D eigenvalue weighted by Gasteiger charge is -2.24. The number of nitrogens with zero attached hydrogens (tertiary/aromatic N) is 3. The molecule has 0 bridgehead atoms. The number of carboxylic acids is 1. The largest absolute Gasteiger partial charge is 0.481 e. The molecule has 0 aromatic carbocycles. The number of fused-ring (bicyclic) bond motifs is 1. The van der Waals surface area contributed by atoms with E-state index in [0.29, 0.717) is 11.3 Å². The average Bonchev–Trinajstić information content (AvgIpc) is 3.25. The Bertz CT molecular complexity index is 739. The summed E-state index contributed by atoms with van der Waals surface area (Å²) in [5.74, 6) is -1.80. The summed E-state index contributed by atoms with van der Waals surface area (Å²) in [6.07, 6.45) is 3.52. The van der Waals surface area contributed by atoms with Gasteiger partial charge in [0.25, 0.3) is 5.91 Å². The zero-order valence-corrected chi connectivity index (χ0v) is 12.8. The van der Waals surface area contributed by atoms with Gasteiger partial charge in [0.1, 0.15) is 5.65 Å². The molecule has 1 amide bonds. The van der Waals surface area contributed by atoms with Crippen LogP contribution in [0.5, 0.6) is 0 Å². The molecule has 1 saturated carbocycles. The third-order valence-electron chi connectivity index (χ3n) is 3.83. The van der Waals surface area contributed by atoms with Crippen molar-refractivity contribution in [1.82, 2.24) is 14.3 Å². The first-order valence-corrected chi connectivity index (χ1v) is 7.53. The van der Waals surface area contributed by atoms with E-state index in [1.165, 1.54) is 0 Å². The average molecular weight is 322 g/mol. The summed E-state index contributed by atoms with van der Waals surface area (Å²) < 4.78 is 1.64. The Morgan fingerprint density at radius 1 is 1.50 bits per heavy atom. The van der Waals surface area contributed by atoms with Gasteiger partial charge in [0.05, 0.1) is 5.92 Å². The molecule has 1 unspecified atom stereocenters. The van der Waals surface area contributed by atoms with Crippen LogP contribution in [0.15, 0.2) is 24.4 Å². The Morgan fingerprint density at radius 3 is 2.86 bits per heavy atom. The van der Waals surface area contributed by atoms with Crippen LogP contribution in [0.1, 0.15) is 30.3 Å². The van der Waals surface area contributed by atoms with Crippen molar-refractivity contribution in [2.45, 2.75) is 25.8 Å².